The lowest BCUT2D eigenvalue weighted by Crippen LogP contribution is -2.13. The first-order chi connectivity index (χ1) is 5.35. The van der Waals surface area contributed by atoms with Crippen LogP contribution >= 0.6 is 0 Å². The maximum atomic E-state index is 5.57. The van der Waals surface area contributed by atoms with Crippen LogP contribution in [0.3, 0.4) is 0 Å². The Bertz CT molecular complexity index is 76.0. The molecule has 0 aliphatic carbocycles. The largest absolute Gasteiger partial charge is 0.379 e. The van der Waals surface area contributed by atoms with E-state index in [4.69, 9.17) is 4.74 Å². The fourth-order valence-corrected chi connectivity index (χ4v) is 3.08. The van der Waals surface area contributed by atoms with Crippen LogP contribution in [0.5, 0.6) is 0 Å². The van der Waals surface area contributed by atoms with E-state index in [1.807, 2.05) is 0 Å². The Morgan fingerprint density at radius 3 is 2.45 bits per heavy atom. The van der Waals surface area contributed by atoms with Crippen LogP contribution < -0.4 is 0 Å². The summed E-state index contributed by atoms with van der Waals surface area (Å²) in [6.45, 7) is 7.47. The number of hydrogen-bond donors (Lipinski definition) is 0. The van der Waals surface area contributed by atoms with Crippen LogP contribution in [0.15, 0.2) is 0 Å². The molecule has 0 saturated heterocycles. The minimum absolute atomic E-state index is 0.208. The van der Waals surface area contributed by atoms with Gasteiger partial charge in [-0.1, -0.05) is 26.3 Å². The monoisotopic (exact) mass is 174 g/mol. The molecule has 1 nitrogen and oxygen atoms in total. The van der Waals surface area contributed by atoms with Crippen LogP contribution in [0.2, 0.25) is 12.1 Å². The van der Waals surface area contributed by atoms with E-state index in [1.165, 1.54) is 24.9 Å². The van der Waals surface area contributed by atoms with Gasteiger partial charge in [-0.2, -0.15) is 0 Å². The molecule has 0 saturated carbocycles. The minimum Gasteiger partial charge on any atom is -0.379 e. The molecule has 0 radical (unpaired) electrons. The van der Waals surface area contributed by atoms with Crippen LogP contribution in [0.1, 0.15) is 33.6 Å². The molecule has 0 amide bonds. The molecule has 2 heteroatoms. The van der Waals surface area contributed by atoms with E-state index in [-0.39, 0.29) is 9.52 Å². The molecule has 0 aliphatic rings. The molecular weight excluding hydrogens is 152 g/mol. The Labute approximate surface area is 73.3 Å². The Balaban J connectivity index is 3.20. The van der Waals surface area contributed by atoms with Gasteiger partial charge in [0, 0.05) is 16.1 Å². The summed E-state index contributed by atoms with van der Waals surface area (Å²) in [5.74, 6) is 0. The predicted octanol–water partition coefficient (Wildman–Crippen LogP) is 2.22. The second kappa shape index (κ2) is 8.28. The highest BCUT2D eigenvalue weighted by molar-refractivity contribution is 6.35. The molecule has 0 aromatic rings. The molecule has 0 heterocycles. The number of hydrogen-bond acceptors (Lipinski definition) is 1. The minimum atomic E-state index is 0.208. The topological polar surface area (TPSA) is 9.23 Å². The third-order valence-corrected chi connectivity index (χ3v) is 4.25. The Morgan fingerprint density at radius 2 is 2.00 bits per heavy atom. The van der Waals surface area contributed by atoms with E-state index in [0.717, 1.165) is 6.61 Å². The average molecular weight is 174 g/mol. The first kappa shape index (κ1) is 11.2. The van der Waals surface area contributed by atoms with Gasteiger partial charge in [-0.05, 0) is 19.4 Å². The summed E-state index contributed by atoms with van der Waals surface area (Å²) in [6, 6.07) is 2.88. The van der Waals surface area contributed by atoms with Gasteiger partial charge >= 0.3 is 0 Å². The van der Waals surface area contributed by atoms with E-state index in [0.29, 0.717) is 6.10 Å². The highest BCUT2D eigenvalue weighted by Gasteiger charge is 2.03. The quantitative estimate of drug-likeness (QED) is 0.425. The SMILES string of the molecule is CCC[SiH2]CC(CC)OCC. The molecule has 1 unspecified atom stereocenters. The van der Waals surface area contributed by atoms with E-state index < -0.39 is 0 Å². The molecule has 1 atom stereocenters. The van der Waals surface area contributed by atoms with Crippen LogP contribution in [0.4, 0.5) is 0 Å². The van der Waals surface area contributed by atoms with Crippen LogP contribution in [0, 0.1) is 0 Å². The lowest BCUT2D eigenvalue weighted by atomic mass is 10.3. The number of rotatable bonds is 7. The molecule has 11 heavy (non-hydrogen) atoms. The van der Waals surface area contributed by atoms with Crippen molar-refractivity contribution in [3.8, 4) is 0 Å². The summed E-state index contributed by atoms with van der Waals surface area (Å²) in [7, 11) is 0.208. The molecule has 0 aliphatic heterocycles. The molecular formula is C9H22OSi. The third-order valence-electron chi connectivity index (χ3n) is 1.99. The predicted molar refractivity (Wildman–Crippen MR) is 54.2 cm³/mol. The summed E-state index contributed by atoms with van der Waals surface area (Å²) >= 11 is 0. The van der Waals surface area contributed by atoms with Crippen molar-refractivity contribution in [3.63, 3.8) is 0 Å². The van der Waals surface area contributed by atoms with Crippen molar-refractivity contribution in [1.82, 2.24) is 0 Å². The van der Waals surface area contributed by atoms with E-state index in [1.54, 1.807) is 0 Å². The average Bonchev–Trinajstić information content (AvgIpc) is 2.03. The first-order valence-electron chi connectivity index (χ1n) is 4.96. The van der Waals surface area contributed by atoms with Gasteiger partial charge in [-0.3, -0.25) is 0 Å². The Hall–Kier alpha value is 0.177. The molecule has 0 N–H and O–H groups in total. The van der Waals surface area contributed by atoms with Gasteiger partial charge in [0.05, 0.1) is 6.10 Å². The molecule has 68 valence electrons. The standard InChI is InChI=1S/C9H22OSi/c1-4-7-11-8-9(5-2)10-6-3/h9H,4-8,11H2,1-3H3. The van der Waals surface area contributed by atoms with E-state index >= 15 is 0 Å². The van der Waals surface area contributed by atoms with Crippen molar-refractivity contribution in [2.24, 2.45) is 0 Å². The first-order valence-corrected chi connectivity index (χ1v) is 6.96. The molecule has 0 aromatic carbocycles. The van der Waals surface area contributed by atoms with Crippen molar-refractivity contribution in [1.29, 1.82) is 0 Å². The maximum absolute atomic E-state index is 5.57. The van der Waals surface area contributed by atoms with Crippen molar-refractivity contribution in [2.75, 3.05) is 6.61 Å². The van der Waals surface area contributed by atoms with Gasteiger partial charge in [0.25, 0.3) is 0 Å². The molecule has 0 spiro atoms. The molecule has 0 rings (SSSR count). The van der Waals surface area contributed by atoms with Crippen LogP contribution in [-0.4, -0.2) is 22.2 Å². The maximum Gasteiger partial charge on any atom is 0.0543 e. The number of ether oxygens (including phenoxy) is 1. The summed E-state index contributed by atoms with van der Waals surface area (Å²) in [5.41, 5.74) is 0. The lowest BCUT2D eigenvalue weighted by Gasteiger charge is -2.13. The normalized spacial score (nSPS) is 14.5. The fourth-order valence-electron chi connectivity index (χ4n) is 1.26. The zero-order valence-corrected chi connectivity index (χ0v) is 9.64. The van der Waals surface area contributed by atoms with Gasteiger partial charge in [-0.15, -0.1) is 0 Å². The van der Waals surface area contributed by atoms with Crippen LogP contribution in [0.25, 0.3) is 0 Å². The van der Waals surface area contributed by atoms with Gasteiger partial charge < -0.3 is 4.74 Å². The summed E-state index contributed by atoms with van der Waals surface area (Å²) < 4.78 is 5.57. The second-order valence-corrected chi connectivity index (χ2v) is 4.97. The highest BCUT2D eigenvalue weighted by Crippen LogP contribution is 2.05. The van der Waals surface area contributed by atoms with Crippen molar-refractivity contribution in [2.45, 2.75) is 51.8 Å². The molecule has 0 bridgehead atoms. The van der Waals surface area contributed by atoms with Crippen molar-refractivity contribution < 1.29 is 4.74 Å². The third kappa shape index (κ3) is 6.57. The van der Waals surface area contributed by atoms with Crippen molar-refractivity contribution >= 4 is 9.52 Å². The van der Waals surface area contributed by atoms with Crippen molar-refractivity contribution in [3.05, 3.63) is 0 Å². The van der Waals surface area contributed by atoms with Gasteiger partial charge in [0.1, 0.15) is 0 Å². The van der Waals surface area contributed by atoms with E-state index in [9.17, 15) is 0 Å². The summed E-state index contributed by atoms with van der Waals surface area (Å²) in [6.07, 6.45) is 3.15. The van der Waals surface area contributed by atoms with Crippen LogP contribution in [-0.2, 0) is 4.74 Å². The lowest BCUT2D eigenvalue weighted by molar-refractivity contribution is 0.0738. The second-order valence-electron chi connectivity index (χ2n) is 2.98. The Kier molecular flexibility index (Phi) is 8.41. The summed E-state index contributed by atoms with van der Waals surface area (Å²) in [4.78, 5) is 0. The van der Waals surface area contributed by atoms with Gasteiger partial charge in [-0.25, -0.2) is 0 Å². The zero-order valence-electron chi connectivity index (χ0n) is 8.23. The highest BCUT2D eigenvalue weighted by atomic mass is 28.2. The Morgan fingerprint density at radius 1 is 1.27 bits per heavy atom. The van der Waals surface area contributed by atoms with Gasteiger partial charge in [0.2, 0.25) is 0 Å². The zero-order chi connectivity index (χ0) is 8.53. The van der Waals surface area contributed by atoms with E-state index in [2.05, 4.69) is 20.8 Å². The smallest absolute Gasteiger partial charge is 0.0543 e. The molecule has 0 aromatic heterocycles. The summed E-state index contributed by atoms with van der Waals surface area (Å²) in [5, 5.41) is 0. The van der Waals surface area contributed by atoms with Gasteiger partial charge in [0.15, 0.2) is 0 Å². The fraction of sp³-hybridized carbons (Fsp3) is 1.00. The molecule has 0 fully saturated rings.